The van der Waals surface area contributed by atoms with Crippen molar-refractivity contribution in [2.24, 2.45) is 5.73 Å². The highest BCUT2D eigenvalue weighted by atomic mass is 35.5. The third-order valence-corrected chi connectivity index (χ3v) is 1.24. The maximum absolute atomic E-state index is 11.0. The minimum absolute atomic E-state index is 0. The number of nitrogens with two attached hydrogens (primary N) is 1. The normalized spacial score (nSPS) is 9.08. The molecule has 1 aromatic rings. The highest BCUT2D eigenvalue weighted by Crippen LogP contribution is 2.03. The van der Waals surface area contributed by atoms with Crippen LogP contribution in [0.5, 0.6) is 0 Å². The summed E-state index contributed by atoms with van der Waals surface area (Å²) in [5.41, 5.74) is 5.42. The summed E-state index contributed by atoms with van der Waals surface area (Å²) in [5, 5.41) is 3.48. The van der Waals surface area contributed by atoms with Crippen molar-refractivity contribution in [3.63, 3.8) is 0 Å². The van der Waals surface area contributed by atoms with Crippen LogP contribution in [0.4, 0.5) is 0 Å². The standard InChI is InChI=1S/C7H10N2O3.ClH/c1-2-11-7(10)6-3-5(4-8)12-9-6;/h3H,2,4,8H2,1H3;1H. The molecule has 0 aliphatic carbocycles. The molecule has 0 fully saturated rings. The van der Waals surface area contributed by atoms with E-state index < -0.39 is 5.97 Å². The number of carbonyl (C=O) groups is 1. The predicted octanol–water partition coefficient (Wildman–Crippen LogP) is 0.732. The Bertz CT molecular complexity index is 274. The molecule has 0 atom stereocenters. The quantitative estimate of drug-likeness (QED) is 0.738. The summed E-state index contributed by atoms with van der Waals surface area (Å²) in [4.78, 5) is 11.0. The Hall–Kier alpha value is -1.07. The lowest BCUT2D eigenvalue weighted by Gasteiger charge is -1.94. The monoisotopic (exact) mass is 206 g/mol. The van der Waals surface area contributed by atoms with Gasteiger partial charge in [0.25, 0.3) is 0 Å². The van der Waals surface area contributed by atoms with Crippen molar-refractivity contribution in [2.75, 3.05) is 6.61 Å². The van der Waals surface area contributed by atoms with E-state index in [4.69, 9.17) is 10.3 Å². The number of nitrogens with zero attached hydrogens (tertiary/aromatic N) is 1. The lowest BCUT2D eigenvalue weighted by Crippen LogP contribution is -2.04. The molecule has 13 heavy (non-hydrogen) atoms. The number of rotatable bonds is 3. The summed E-state index contributed by atoms with van der Waals surface area (Å²) in [5.74, 6) is -0.0148. The van der Waals surface area contributed by atoms with Gasteiger partial charge in [-0.3, -0.25) is 0 Å². The first-order valence-corrected chi connectivity index (χ1v) is 3.60. The van der Waals surface area contributed by atoms with Crippen LogP contribution in [0.15, 0.2) is 10.6 Å². The van der Waals surface area contributed by atoms with Gasteiger partial charge in [0, 0.05) is 6.07 Å². The third kappa shape index (κ3) is 3.04. The molecule has 2 N–H and O–H groups in total. The zero-order valence-corrected chi connectivity index (χ0v) is 7.97. The van der Waals surface area contributed by atoms with Crippen LogP contribution >= 0.6 is 12.4 Å². The molecule has 0 bridgehead atoms. The fraction of sp³-hybridized carbons (Fsp3) is 0.429. The second-order valence-corrected chi connectivity index (χ2v) is 2.10. The Labute approximate surface area is 81.6 Å². The smallest absolute Gasteiger partial charge is 0.360 e. The van der Waals surface area contributed by atoms with Crippen molar-refractivity contribution in [1.29, 1.82) is 0 Å². The zero-order chi connectivity index (χ0) is 8.97. The molecule has 0 unspecified atom stereocenters. The molecule has 5 nitrogen and oxygen atoms in total. The SMILES string of the molecule is CCOC(=O)c1cc(CN)on1.Cl. The molecule has 1 heterocycles. The predicted molar refractivity (Wildman–Crippen MR) is 47.6 cm³/mol. The summed E-state index contributed by atoms with van der Waals surface area (Å²) in [6.45, 7) is 2.28. The molecule has 0 aromatic carbocycles. The lowest BCUT2D eigenvalue weighted by atomic mass is 10.4. The average molecular weight is 207 g/mol. The Balaban J connectivity index is 0.00000144. The van der Waals surface area contributed by atoms with Gasteiger partial charge in [-0.1, -0.05) is 5.16 Å². The van der Waals surface area contributed by atoms with Gasteiger partial charge in [0.15, 0.2) is 11.5 Å². The number of hydrogen-bond donors (Lipinski definition) is 1. The molecule has 0 amide bonds. The first-order valence-electron chi connectivity index (χ1n) is 3.60. The molecular weight excluding hydrogens is 196 g/mol. The maximum atomic E-state index is 11.0. The summed E-state index contributed by atoms with van der Waals surface area (Å²) in [7, 11) is 0. The van der Waals surface area contributed by atoms with E-state index in [0.717, 1.165) is 0 Å². The van der Waals surface area contributed by atoms with Crippen LogP contribution in [0.25, 0.3) is 0 Å². The topological polar surface area (TPSA) is 78.4 Å². The summed E-state index contributed by atoms with van der Waals surface area (Å²) >= 11 is 0. The van der Waals surface area contributed by atoms with Crippen molar-refractivity contribution in [1.82, 2.24) is 5.16 Å². The molecule has 1 rings (SSSR count). The summed E-state index contributed by atoms with van der Waals surface area (Å²) < 4.78 is 9.39. The molecule has 1 aromatic heterocycles. The zero-order valence-electron chi connectivity index (χ0n) is 7.15. The Morgan fingerprint density at radius 2 is 2.46 bits per heavy atom. The third-order valence-electron chi connectivity index (χ3n) is 1.24. The van der Waals surface area contributed by atoms with Gasteiger partial charge in [0.05, 0.1) is 13.2 Å². The molecule has 0 saturated heterocycles. The van der Waals surface area contributed by atoms with Gasteiger partial charge >= 0.3 is 5.97 Å². The first-order chi connectivity index (χ1) is 5.77. The molecule has 0 aliphatic heterocycles. The minimum Gasteiger partial charge on any atom is -0.461 e. The Morgan fingerprint density at radius 3 is 2.92 bits per heavy atom. The van der Waals surface area contributed by atoms with Crippen LogP contribution in [0.1, 0.15) is 23.2 Å². The van der Waals surface area contributed by atoms with Crippen molar-refractivity contribution in [3.8, 4) is 0 Å². The highest BCUT2D eigenvalue weighted by molar-refractivity contribution is 5.87. The van der Waals surface area contributed by atoms with Gasteiger partial charge < -0.3 is 15.0 Å². The van der Waals surface area contributed by atoms with E-state index in [0.29, 0.717) is 12.4 Å². The van der Waals surface area contributed by atoms with Crippen LogP contribution in [0.2, 0.25) is 0 Å². The fourth-order valence-corrected chi connectivity index (χ4v) is 0.710. The Morgan fingerprint density at radius 1 is 1.77 bits per heavy atom. The number of ether oxygens (including phenoxy) is 1. The highest BCUT2D eigenvalue weighted by Gasteiger charge is 2.11. The molecule has 0 aliphatic rings. The van der Waals surface area contributed by atoms with Gasteiger partial charge in [-0.15, -0.1) is 12.4 Å². The van der Waals surface area contributed by atoms with Gasteiger partial charge in [0.1, 0.15) is 0 Å². The van der Waals surface area contributed by atoms with Crippen LogP contribution in [-0.2, 0) is 11.3 Å². The lowest BCUT2D eigenvalue weighted by molar-refractivity contribution is 0.0514. The molecule has 0 spiro atoms. The van der Waals surface area contributed by atoms with Gasteiger partial charge in [-0.05, 0) is 6.92 Å². The van der Waals surface area contributed by atoms with E-state index in [2.05, 4.69) is 9.89 Å². The van der Waals surface area contributed by atoms with Crippen molar-refractivity contribution in [2.45, 2.75) is 13.5 Å². The number of hydrogen-bond acceptors (Lipinski definition) is 5. The number of aromatic nitrogens is 1. The molecule has 6 heteroatoms. The fourth-order valence-electron chi connectivity index (χ4n) is 0.710. The van der Waals surface area contributed by atoms with E-state index >= 15 is 0 Å². The van der Waals surface area contributed by atoms with Crippen molar-refractivity contribution < 1.29 is 14.1 Å². The number of carbonyl (C=O) groups excluding carboxylic acids is 1. The van der Waals surface area contributed by atoms with E-state index in [1.807, 2.05) is 0 Å². The van der Waals surface area contributed by atoms with Crippen molar-refractivity contribution in [3.05, 3.63) is 17.5 Å². The second-order valence-electron chi connectivity index (χ2n) is 2.10. The molecule has 0 saturated carbocycles. The van der Waals surface area contributed by atoms with E-state index in [-0.39, 0.29) is 24.6 Å². The maximum Gasteiger partial charge on any atom is 0.360 e. The van der Waals surface area contributed by atoms with E-state index in [1.54, 1.807) is 6.92 Å². The van der Waals surface area contributed by atoms with E-state index in [9.17, 15) is 4.79 Å². The summed E-state index contributed by atoms with van der Waals surface area (Å²) in [6.07, 6.45) is 0. The molecule has 0 radical (unpaired) electrons. The number of halogens is 1. The largest absolute Gasteiger partial charge is 0.461 e. The molecule has 74 valence electrons. The minimum atomic E-state index is -0.485. The van der Waals surface area contributed by atoms with Gasteiger partial charge in [-0.25, -0.2) is 4.79 Å². The average Bonchev–Trinajstić information content (AvgIpc) is 2.52. The first kappa shape index (κ1) is 11.9. The van der Waals surface area contributed by atoms with Gasteiger partial charge in [0.2, 0.25) is 0 Å². The second kappa shape index (κ2) is 5.55. The van der Waals surface area contributed by atoms with Crippen LogP contribution in [0.3, 0.4) is 0 Å². The van der Waals surface area contributed by atoms with E-state index in [1.165, 1.54) is 6.07 Å². The molecular formula is C7H11ClN2O3. The summed E-state index contributed by atoms with van der Waals surface area (Å²) in [6, 6.07) is 1.47. The number of esters is 1. The van der Waals surface area contributed by atoms with Crippen LogP contribution in [-0.4, -0.2) is 17.7 Å². The van der Waals surface area contributed by atoms with Crippen LogP contribution < -0.4 is 5.73 Å². The van der Waals surface area contributed by atoms with Crippen molar-refractivity contribution >= 4 is 18.4 Å². The van der Waals surface area contributed by atoms with Crippen LogP contribution in [0, 0.1) is 0 Å². The Kier molecular flexibility index (Phi) is 5.10. The van der Waals surface area contributed by atoms with Gasteiger partial charge in [-0.2, -0.15) is 0 Å².